The highest BCUT2D eigenvalue weighted by molar-refractivity contribution is 5.92. The number of hydrogen-bond acceptors (Lipinski definition) is 5. The molecule has 1 aliphatic rings. The Balaban J connectivity index is 1.95. The minimum atomic E-state index is -0.286. The number of nitrogens with zero attached hydrogens (tertiary/aromatic N) is 4. The van der Waals surface area contributed by atoms with Gasteiger partial charge >= 0.3 is 0 Å². The molecule has 7 heteroatoms. The molecule has 2 heterocycles. The van der Waals surface area contributed by atoms with Gasteiger partial charge < -0.3 is 10.6 Å². The number of nitrogens with one attached hydrogen (secondary N) is 2. The van der Waals surface area contributed by atoms with Gasteiger partial charge in [-0.2, -0.15) is 5.26 Å². The molecule has 2 rings (SSSR count). The van der Waals surface area contributed by atoms with E-state index in [2.05, 4.69) is 20.9 Å². The van der Waals surface area contributed by atoms with Crippen LogP contribution in [0.15, 0.2) is 6.20 Å². The van der Waals surface area contributed by atoms with Gasteiger partial charge in [0.1, 0.15) is 0 Å². The standard InChI is InChI=1S/C10H14N6O/c1-7(2-3-11)13-10(17)9-6-16(15-14-9)8-4-12-5-8/h6-8,12H,2,4-5H2,1H3,(H,13,17). The summed E-state index contributed by atoms with van der Waals surface area (Å²) in [5, 5.41) is 22.0. The third kappa shape index (κ3) is 2.60. The van der Waals surface area contributed by atoms with Crippen LogP contribution in [-0.4, -0.2) is 40.0 Å². The molecule has 0 spiro atoms. The summed E-state index contributed by atoms with van der Waals surface area (Å²) in [6.07, 6.45) is 1.92. The van der Waals surface area contributed by atoms with Crippen molar-refractivity contribution in [2.24, 2.45) is 0 Å². The van der Waals surface area contributed by atoms with Gasteiger partial charge in [0, 0.05) is 19.1 Å². The largest absolute Gasteiger partial charge is 0.347 e. The monoisotopic (exact) mass is 234 g/mol. The Bertz CT molecular complexity index is 444. The lowest BCUT2D eigenvalue weighted by molar-refractivity contribution is 0.0935. The second kappa shape index (κ2) is 4.93. The molecule has 7 nitrogen and oxygen atoms in total. The molecular weight excluding hydrogens is 220 g/mol. The number of aromatic nitrogens is 3. The van der Waals surface area contributed by atoms with E-state index < -0.39 is 0 Å². The molecule has 2 N–H and O–H groups in total. The molecule has 1 saturated heterocycles. The first-order valence-electron chi connectivity index (χ1n) is 5.51. The first kappa shape index (κ1) is 11.5. The lowest BCUT2D eigenvalue weighted by Crippen LogP contribution is -2.43. The van der Waals surface area contributed by atoms with Crippen LogP contribution in [0.3, 0.4) is 0 Å². The van der Waals surface area contributed by atoms with Crippen molar-refractivity contribution in [3.05, 3.63) is 11.9 Å². The molecule has 0 radical (unpaired) electrons. The molecule has 1 aliphatic heterocycles. The Labute approximate surface area is 98.8 Å². The Kier molecular flexibility index (Phi) is 3.35. The van der Waals surface area contributed by atoms with E-state index in [9.17, 15) is 4.79 Å². The van der Waals surface area contributed by atoms with Gasteiger partial charge in [-0.1, -0.05) is 5.21 Å². The molecule has 1 aromatic heterocycles. The molecule has 1 aromatic rings. The summed E-state index contributed by atoms with van der Waals surface area (Å²) in [6.45, 7) is 3.49. The molecule has 0 bridgehead atoms. The first-order chi connectivity index (χ1) is 8.20. The topological polar surface area (TPSA) is 95.6 Å². The molecule has 1 atom stereocenters. The molecule has 17 heavy (non-hydrogen) atoms. The predicted molar refractivity (Wildman–Crippen MR) is 59.1 cm³/mol. The maximum Gasteiger partial charge on any atom is 0.273 e. The van der Waals surface area contributed by atoms with Crippen LogP contribution in [0.5, 0.6) is 0 Å². The number of carbonyl (C=O) groups is 1. The zero-order chi connectivity index (χ0) is 12.3. The van der Waals surface area contributed by atoms with E-state index in [0.29, 0.717) is 11.7 Å². The van der Waals surface area contributed by atoms with Crippen LogP contribution in [0, 0.1) is 11.3 Å². The second-order valence-corrected chi connectivity index (χ2v) is 4.13. The zero-order valence-corrected chi connectivity index (χ0v) is 9.55. The van der Waals surface area contributed by atoms with Crippen LogP contribution < -0.4 is 10.6 Å². The maximum absolute atomic E-state index is 11.7. The highest BCUT2D eigenvalue weighted by Gasteiger charge is 2.21. The Morgan fingerprint density at radius 1 is 1.82 bits per heavy atom. The number of amides is 1. The number of nitriles is 1. The van der Waals surface area contributed by atoms with Crippen molar-refractivity contribution >= 4 is 5.91 Å². The van der Waals surface area contributed by atoms with Crippen molar-refractivity contribution in [3.63, 3.8) is 0 Å². The summed E-state index contributed by atoms with van der Waals surface area (Å²) in [5.74, 6) is -0.286. The van der Waals surface area contributed by atoms with Gasteiger partial charge in [-0.25, -0.2) is 4.68 Å². The van der Waals surface area contributed by atoms with Gasteiger partial charge in [0.05, 0.1) is 24.7 Å². The number of rotatable bonds is 4. The number of carbonyl (C=O) groups excluding carboxylic acids is 1. The molecule has 0 aromatic carbocycles. The quantitative estimate of drug-likeness (QED) is 0.729. The smallest absolute Gasteiger partial charge is 0.273 e. The molecular formula is C10H14N6O. The van der Waals surface area contributed by atoms with Crippen molar-refractivity contribution in [1.82, 2.24) is 25.6 Å². The Hall–Kier alpha value is -1.94. The normalized spacial score (nSPS) is 16.9. The molecule has 90 valence electrons. The Morgan fingerprint density at radius 2 is 2.59 bits per heavy atom. The van der Waals surface area contributed by atoms with E-state index in [4.69, 9.17) is 5.26 Å². The molecule has 1 unspecified atom stereocenters. The van der Waals surface area contributed by atoms with E-state index in [0.717, 1.165) is 13.1 Å². The van der Waals surface area contributed by atoms with Crippen molar-refractivity contribution in [3.8, 4) is 6.07 Å². The van der Waals surface area contributed by atoms with Crippen molar-refractivity contribution < 1.29 is 4.79 Å². The maximum atomic E-state index is 11.7. The second-order valence-electron chi connectivity index (χ2n) is 4.13. The van der Waals surface area contributed by atoms with Gasteiger partial charge in [0.2, 0.25) is 0 Å². The summed E-state index contributed by atoms with van der Waals surface area (Å²) in [4.78, 5) is 11.7. The Morgan fingerprint density at radius 3 is 3.18 bits per heavy atom. The van der Waals surface area contributed by atoms with E-state index in [1.54, 1.807) is 17.8 Å². The highest BCUT2D eigenvalue weighted by atomic mass is 16.2. The summed E-state index contributed by atoms with van der Waals surface area (Å²) >= 11 is 0. The van der Waals surface area contributed by atoms with Crippen LogP contribution in [0.25, 0.3) is 0 Å². The minimum absolute atomic E-state index is 0.178. The summed E-state index contributed by atoms with van der Waals surface area (Å²) in [6, 6.07) is 2.12. The van der Waals surface area contributed by atoms with E-state index in [1.165, 1.54) is 0 Å². The SMILES string of the molecule is CC(CC#N)NC(=O)c1cn(C2CNC2)nn1. The van der Waals surface area contributed by atoms with Crippen LogP contribution in [0.4, 0.5) is 0 Å². The summed E-state index contributed by atoms with van der Waals surface area (Å²) in [5.41, 5.74) is 0.293. The molecule has 0 saturated carbocycles. The van der Waals surface area contributed by atoms with Crippen LogP contribution >= 0.6 is 0 Å². The van der Waals surface area contributed by atoms with Crippen LogP contribution in [0.2, 0.25) is 0 Å². The highest BCUT2D eigenvalue weighted by Crippen LogP contribution is 2.09. The molecule has 1 fully saturated rings. The van der Waals surface area contributed by atoms with Gasteiger partial charge in [-0.3, -0.25) is 4.79 Å². The predicted octanol–water partition coefficient (Wildman–Crippen LogP) is -0.546. The minimum Gasteiger partial charge on any atom is -0.347 e. The summed E-state index contributed by atoms with van der Waals surface area (Å²) in [7, 11) is 0. The van der Waals surface area contributed by atoms with E-state index in [-0.39, 0.29) is 18.4 Å². The van der Waals surface area contributed by atoms with Gasteiger partial charge in [0.25, 0.3) is 5.91 Å². The van der Waals surface area contributed by atoms with E-state index >= 15 is 0 Å². The van der Waals surface area contributed by atoms with Crippen molar-refractivity contribution in [1.29, 1.82) is 5.26 Å². The molecule has 0 aliphatic carbocycles. The van der Waals surface area contributed by atoms with Gasteiger partial charge in [-0.05, 0) is 6.92 Å². The van der Waals surface area contributed by atoms with Crippen LogP contribution in [-0.2, 0) is 0 Å². The van der Waals surface area contributed by atoms with E-state index in [1.807, 2.05) is 6.07 Å². The fraction of sp³-hybridized carbons (Fsp3) is 0.600. The van der Waals surface area contributed by atoms with Crippen molar-refractivity contribution in [2.45, 2.75) is 25.4 Å². The molecule has 1 amide bonds. The van der Waals surface area contributed by atoms with Crippen molar-refractivity contribution in [2.75, 3.05) is 13.1 Å². The lowest BCUT2D eigenvalue weighted by atomic mass is 10.2. The summed E-state index contributed by atoms with van der Waals surface area (Å²) < 4.78 is 1.69. The van der Waals surface area contributed by atoms with Gasteiger partial charge in [-0.15, -0.1) is 5.10 Å². The third-order valence-electron chi connectivity index (χ3n) is 2.65. The lowest BCUT2D eigenvalue weighted by Gasteiger charge is -2.26. The fourth-order valence-electron chi connectivity index (χ4n) is 1.51. The third-order valence-corrected chi connectivity index (χ3v) is 2.65. The number of hydrogen-bond donors (Lipinski definition) is 2. The van der Waals surface area contributed by atoms with Gasteiger partial charge in [0.15, 0.2) is 5.69 Å². The first-order valence-corrected chi connectivity index (χ1v) is 5.51. The average Bonchev–Trinajstić information content (AvgIpc) is 2.64. The van der Waals surface area contributed by atoms with Crippen LogP contribution in [0.1, 0.15) is 29.9 Å². The fourth-order valence-corrected chi connectivity index (χ4v) is 1.51. The average molecular weight is 234 g/mol. The zero-order valence-electron chi connectivity index (χ0n) is 9.55.